The molecule has 0 radical (unpaired) electrons. The third-order valence-corrected chi connectivity index (χ3v) is 6.61. The second kappa shape index (κ2) is 9.96. The Morgan fingerprint density at radius 2 is 1.95 bits per heavy atom. The lowest BCUT2D eigenvalue weighted by Crippen LogP contribution is -2.44. The highest BCUT2D eigenvalue weighted by molar-refractivity contribution is 6.06. The first-order valence-corrected chi connectivity index (χ1v) is 11.9. The third kappa shape index (κ3) is 4.67. The van der Waals surface area contributed by atoms with Gasteiger partial charge in [0.25, 0.3) is 5.91 Å². The third-order valence-electron chi connectivity index (χ3n) is 6.61. The van der Waals surface area contributed by atoms with Crippen LogP contribution >= 0.6 is 0 Å². The van der Waals surface area contributed by atoms with E-state index in [1.54, 1.807) is 30.3 Å². The van der Waals surface area contributed by atoms with Crippen molar-refractivity contribution in [1.29, 1.82) is 0 Å². The van der Waals surface area contributed by atoms with Crippen molar-refractivity contribution in [2.75, 3.05) is 18.9 Å². The molecule has 2 aliphatic rings. The van der Waals surface area contributed by atoms with E-state index in [1.807, 2.05) is 0 Å². The molecule has 1 spiro atoms. The minimum atomic E-state index is -1.52. The van der Waals surface area contributed by atoms with Crippen molar-refractivity contribution in [3.63, 3.8) is 0 Å². The fourth-order valence-electron chi connectivity index (χ4n) is 4.71. The van der Waals surface area contributed by atoms with E-state index in [4.69, 9.17) is 9.15 Å². The molecule has 11 nitrogen and oxygen atoms in total. The van der Waals surface area contributed by atoms with Crippen LogP contribution in [-0.4, -0.2) is 52.3 Å². The maximum absolute atomic E-state index is 13.5. The van der Waals surface area contributed by atoms with Gasteiger partial charge < -0.3 is 24.7 Å². The molecule has 2 N–H and O–H groups in total. The smallest absolute Gasteiger partial charge is 0.418 e. The van der Waals surface area contributed by atoms with Crippen LogP contribution in [0.15, 0.2) is 59.5 Å². The maximum Gasteiger partial charge on any atom is 0.418 e. The van der Waals surface area contributed by atoms with Gasteiger partial charge in [-0.2, -0.15) is 0 Å². The van der Waals surface area contributed by atoms with Crippen LogP contribution in [0.1, 0.15) is 28.8 Å². The van der Waals surface area contributed by atoms with E-state index in [0.717, 1.165) is 10.5 Å². The molecular weight excluding hydrogens is 497 g/mol. The number of benzene rings is 2. The molecule has 1 aromatic heterocycles. The molecule has 2 aromatic carbocycles. The Morgan fingerprint density at radius 1 is 1.16 bits per heavy atom. The summed E-state index contributed by atoms with van der Waals surface area (Å²) in [5.41, 5.74) is 1.43. The van der Waals surface area contributed by atoms with Gasteiger partial charge in [-0.15, -0.1) is 0 Å². The zero-order valence-electron chi connectivity index (χ0n) is 20.4. The van der Waals surface area contributed by atoms with Gasteiger partial charge in [-0.05, 0) is 41.8 Å². The molecular formula is C26H24FN5O6. The van der Waals surface area contributed by atoms with Crippen LogP contribution in [0.2, 0.25) is 0 Å². The molecule has 12 heteroatoms. The van der Waals surface area contributed by atoms with Crippen LogP contribution in [0.5, 0.6) is 0 Å². The molecule has 38 heavy (non-hydrogen) atoms. The second-order valence-electron chi connectivity index (χ2n) is 9.02. The second-order valence-corrected chi connectivity index (χ2v) is 9.02. The van der Waals surface area contributed by atoms with Crippen molar-refractivity contribution in [3.8, 4) is 0 Å². The number of fused-ring (bicyclic) bond motifs is 2. The van der Waals surface area contributed by atoms with Crippen molar-refractivity contribution < 1.29 is 32.7 Å². The number of anilines is 1. The van der Waals surface area contributed by atoms with Crippen LogP contribution < -0.4 is 10.6 Å². The molecule has 1 atom stereocenters. The van der Waals surface area contributed by atoms with E-state index < -0.39 is 35.9 Å². The predicted molar refractivity (Wildman–Crippen MR) is 130 cm³/mol. The number of urea groups is 1. The number of hydrogen-bond donors (Lipinski definition) is 2. The van der Waals surface area contributed by atoms with Gasteiger partial charge in [-0.1, -0.05) is 18.2 Å². The average molecular weight is 522 g/mol. The molecule has 2 heterocycles. The van der Waals surface area contributed by atoms with Crippen molar-refractivity contribution >= 4 is 29.6 Å². The minimum absolute atomic E-state index is 0.0544. The lowest BCUT2D eigenvalue weighted by atomic mass is 9.94. The van der Waals surface area contributed by atoms with Crippen LogP contribution in [-0.2, 0) is 39.4 Å². The summed E-state index contributed by atoms with van der Waals surface area (Å²) >= 11 is 0. The van der Waals surface area contributed by atoms with Gasteiger partial charge in [0.1, 0.15) is 18.6 Å². The zero-order valence-corrected chi connectivity index (χ0v) is 20.4. The summed E-state index contributed by atoms with van der Waals surface area (Å²) in [4.78, 5) is 57.7. The highest BCUT2D eigenvalue weighted by Gasteiger charge is 2.58. The van der Waals surface area contributed by atoms with Crippen molar-refractivity contribution in [2.45, 2.75) is 31.5 Å². The number of aromatic nitrogens is 1. The number of rotatable bonds is 7. The zero-order chi connectivity index (χ0) is 26.9. The van der Waals surface area contributed by atoms with E-state index in [9.17, 15) is 23.6 Å². The molecule has 3 aromatic rings. The van der Waals surface area contributed by atoms with Gasteiger partial charge in [0.2, 0.25) is 11.5 Å². The molecule has 0 saturated carbocycles. The highest BCUT2D eigenvalue weighted by Crippen LogP contribution is 2.46. The Labute approximate surface area is 216 Å². The topological polar surface area (TPSA) is 134 Å². The standard InChI is InChI=1S/C26H24FN5O6/c1-28-24(35)30-19-6-7-21-17(10-19)8-9-26(21)23(34)32(25(36)38-26)13-22(33)31(12-20-14-37-15-29-20)11-16-2-4-18(27)5-3-16/h2-7,10,14-15H,8-9,11-13H2,1H3,(H2,28,30,35)/t26-/m1/s1. The molecule has 1 aliphatic heterocycles. The van der Waals surface area contributed by atoms with Crippen molar-refractivity contribution in [3.05, 3.63) is 83.3 Å². The fourth-order valence-corrected chi connectivity index (χ4v) is 4.71. The molecule has 0 unspecified atom stereocenters. The number of halogens is 1. The van der Waals surface area contributed by atoms with Crippen molar-refractivity contribution in [2.24, 2.45) is 0 Å². The number of aryl methyl sites for hydroxylation is 1. The number of oxazole rings is 1. The summed E-state index contributed by atoms with van der Waals surface area (Å²) in [6.45, 7) is -0.388. The number of nitrogens with one attached hydrogen (secondary N) is 2. The number of carbonyl (C=O) groups is 4. The van der Waals surface area contributed by atoms with Gasteiger partial charge >= 0.3 is 12.1 Å². The van der Waals surface area contributed by atoms with Gasteiger partial charge in [-0.25, -0.2) is 23.9 Å². The Morgan fingerprint density at radius 3 is 2.66 bits per heavy atom. The molecule has 196 valence electrons. The summed E-state index contributed by atoms with van der Waals surface area (Å²) in [5, 5.41) is 5.14. The van der Waals surface area contributed by atoms with Gasteiger partial charge in [0.15, 0.2) is 6.39 Å². The number of imide groups is 1. The lowest BCUT2D eigenvalue weighted by molar-refractivity contribution is -0.142. The first-order chi connectivity index (χ1) is 18.3. The molecule has 1 aliphatic carbocycles. The average Bonchev–Trinajstić information content (AvgIpc) is 3.61. The van der Waals surface area contributed by atoms with E-state index in [0.29, 0.717) is 28.9 Å². The van der Waals surface area contributed by atoms with Crippen LogP contribution in [0.25, 0.3) is 0 Å². The highest BCUT2D eigenvalue weighted by atomic mass is 19.1. The number of carbonyl (C=O) groups excluding carboxylic acids is 4. The van der Waals surface area contributed by atoms with Crippen LogP contribution in [0, 0.1) is 5.82 Å². The Bertz CT molecular complexity index is 1390. The number of amides is 5. The maximum atomic E-state index is 13.5. The molecule has 5 rings (SSSR count). The molecule has 5 amide bonds. The minimum Gasteiger partial charge on any atom is -0.451 e. The predicted octanol–water partition coefficient (Wildman–Crippen LogP) is 2.91. The van der Waals surface area contributed by atoms with Crippen LogP contribution in [0.4, 0.5) is 19.7 Å². The Hall–Kier alpha value is -4.74. The Balaban J connectivity index is 1.35. The molecule has 1 fully saturated rings. The first-order valence-electron chi connectivity index (χ1n) is 11.9. The number of hydrogen-bond acceptors (Lipinski definition) is 7. The SMILES string of the molecule is CNC(=O)Nc1ccc2c(c1)CC[C@@]21OC(=O)N(CC(=O)N(Cc2ccc(F)cc2)Cc2cocn2)C1=O. The Kier molecular flexibility index (Phi) is 6.53. The molecule has 0 bridgehead atoms. The van der Waals surface area contributed by atoms with Crippen molar-refractivity contribution in [1.82, 2.24) is 20.1 Å². The number of nitrogens with zero attached hydrogens (tertiary/aromatic N) is 3. The van der Waals surface area contributed by atoms with E-state index in [2.05, 4.69) is 15.6 Å². The quantitative estimate of drug-likeness (QED) is 0.488. The molecule has 1 saturated heterocycles. The summed E-state index contributed by atoms with van der Waals surface area (Å²) in [6, 6.07) is 10.3. The summed E-state index contributed by atoms with van der Waals surface area (Å²) < 4.78 is 24.0. The van der Waals surface area contributed by atoms with Gasteiger partial charge in [0, 0.05) is 31.3 Å². The number of ether oxygens (including phenoxy) is 1. The normalized spacial score (nSPS) is 17.9. The fraction of sp³-hybridized carbons (Fsp3) is 0.269. The largest absolute Gasteiger partial charge is 0.451 e. The van der Waals surface area contributed by atoms with E-state index in [1.165, 1.54) is 36.7 Å². The van der Waals surface area contributed by atoms with Crippen LogP contribution in [0.3, 0.4) is 0 Å². The lowest BCUT2D eigenvalue weighted by Gasteiger charge is -2.24. The van der Waals surface area contributed by atoms with Gasteiger partial charge in [-0.3, -0.25) is 9.59 Å². The monoisotopic (exact) mass is 521 g/mol. The summed E-state index contributed by atoms with van der Waals surface area (Å²) in [7, 11) is 1.50. The van der Waals surface area contributed by atoms with E-state index >= 15 is 0 Å². The summed E-state index contributed by atoms with van der Waals surface area (Å²) in [5.74, 6) is -1.56. The van der Waals surface area contributed by atoms with Gasteiger partial charge in [0.05, 0.1) is 12.2 Å². The first kappa shape index (κ1) is 24.9. The van der Waals surface area contributed by atoms with E-state index in [-0.39, 0.29) is 25.5 Å². The summed E-state index contributed by atoms with van der Waals surface area (Å²) in [6.07, 6.45) is 2.38.